The van der Waals surface area contributed by atoms with Gasteiger partial charge in [0.2, 0.25) is 0 Å². The molecule has 2 bridgehead atoms. The SMILES string of the molecule is Cc1cc(CN2CCCC23CCN(C(=O)OC(C(F)(F)F)C(F)(F)F)CC3)cc(N2CC3CC2CN3CC(=O)O)c1. The van der Waals surface area contributed by atoms with E-state index in [2.05, 4.69) is 32.7 Å². The van der Waals surface area contributed by atoms with Crippen LogP contribution in [-0.2, 0) is 16.1 Å². The monoisotopic (exact) mass is 592 g/mol. The quantitative estimate of drug-likeness (QED) is 0.491. The van der Waals surface area contributed by atoms with Gasteiger partial charge in [-0.3, -0.25) is 14.6 Å². The minimum absolute atomic E-state index is 0.0144. The van der Waals surface area contributed by atoms with Crippen molar-refractivity contribution in [1.82, 2.24) is 14.7 Å². The van der Waals surface area contributed by atoms with Gasteiger partial charge in [-0.25, -0.2) is 4.79 Å². The first-order chi connectivity index (χ1) is 19.1. The molecule has 228 valence electrons. The average molecular weight is 593 g/mol. The van der Waals surface area contributed by atoms with E-state index in [-0.39, 0.29) is 37.3 Å². The number of fused-ring (bicyclic) bond motifs is 2. The van der Waals surface area contributed by atoms with Gasteiger partial charge in [0, 0.05) is 56.0 Å². The number of ether oxygens (including phenoxy) is 1. The summed E-state index contributed by atoms with van der Waals surface area (Å²) in [6, 6.07) is 6.86. The molecule has 4 aliphatic rings. The molecule has 4 aliphatic heterocycles. The predicted octanol–water partition coefficient (Wildman–Crippen LogP) is 4.40. The van der Waals surface area contributed by atoms with Crippen LogP contribution in [0.15, 0.2) is 18.2 Å². The molecule has 0 aliphatic carbocycles. The second-order valence-corrected chi connectivity index (χ2v) is 11.8. The lowest BCUT2D eigenvalue weighted by Crippen LogP contribution is -2.54. The molecule has 4 fully saturated rings. The molecule has 1 amide bonds. The number of carbonyl (C=O) groups is 2. The van der Waals surface area contributed by atoms with Crippen LogP contribution < -0.4 is 4.90 Å². The van der Waals surface area contributed by atoms with E-state index in [4.69, 9.17) is 5.11 Å². The number of anilines is 1. The average Bonchev–Trinajstić information content (AvgIpc) is 3.56. The van der Waals surface area contributed by atoms with E-state index < -0.39 is 30.5 Å². The van der Waals surface area contributed by atoms with Gasteiger partial charge in [0.15, 0.2) is 0 Å². The van der Waals surface area contributed by atoms with Crippen molar-refractivity contribution >= 4 is 17.7 Å². The molecule has 1 spiro atoms. The number of hydrogen-bond donors (Lipinski definition) is 1. The topological polar surface area (TPSA) is 76.6 Å². The lowest BCUT2D eigenvalue weighted by Gasteiger charge is -2.45. The highest BCUT2D eigenvalue weighted by Gasteiger charge is 2.60. The minimum Gasteiger partial charge on any atom is -0.480 e. The smallest absolute Gasteiger partial charge is 0.434 e. The molecule has 0 aromatic heterocycles. The summed E-state index contributed by atoms with van der Waals surface area (Å²) >= 11 is 0. The van der Waals surface area contributed by atoms with Crippen LogP contribution in [0.3, 0.4) is 0 Å². The van der Waals surface area contributed by atoms with Gasteiger partial charge >= 0.3 is 24.4 Å². The number of carbonyl (C=O) groups excluding carboxylic acids is 1. The minimum atomic E-state index is -5.74. The van der Waals surface area contributed by atoms with Crippen molar-refractivity contribution in [2.75, 3.05) is 44.2 Å². The van der Waals surface area contributed by atoms with Crippen LogP contribution in [0.4, 0.5) is 36.8 Å². The van der Waals surface area contributed by atoms with Crippen molar-refractivity contribution in [2.24, 2.45) is 0 Å². The molecule has 1 aromatic rings. The summed E-state index contributed by atoms with van der Waals surface area (Å²) in [7, 11) is 0. The normalized spacial score (nSPS) is 25.1. The molecule has 14 heteroatoms. The van der Waals surface area contributed by atoms with E-state index in [9.17, 15) is 35.9 Å². The third kappa shape index (κ3) is 6.23. The number of rotatable bonds is 6. The molecule has 1 aromatic carbocycles. The Morgan fingerprint density at radius 2 is 1.68 bits per heavy atom. The molecular formula is C27H34F6N4O4. The number of piperidine rings is 1. The summed E-state index contributed by atoms with van der Waals surface area (Å²) in [5.41, 5.74) is 3.00. The van der Waals surface area contributed by atoms with Gasteiger partial charge < -0.3 is 19.6 Å². The van der Waals surface area contributed by atoms with Crippen molar-refractivity contribution in [3.05, 3.63) is 29.3 Å². The third-order valence-corrected chi connectivity index (χ3v) is 9.03. The zero-order valence-electron chi connectivity index (χ0n) is 22.7. The first-order valence-electron chi connectivity index (χ1n) is 13.8. The summed E-state index contributed by atoms with van der Waals surface area (Å²) < 4.78 is 81.0. The fourth-order valence-corrected chi connectivity index (χ4v) is 7.16. The van der Waals surface area contributed by atoms with E-state index in [1.807, 2.05) is 11.8 Å². The maximum absolute atomic E-state index is 12.9. The lowest BCUT2D eigenvalue weighted by molar-refractivity contribution is -0.308. The maximum atomic E-state index is 12.9. The number of amides is 1. The molecule has 2 atom stereocenters. The first kappa shape index (κ1) is 29.7. The number of benzene rings is 1. The van der Waals surface area contributed by atoms with Gasteiger partial charge in [-0.2, -0.15) is 26.3 Å². The van der Waals surface area contributed by atoms with Crippen LogP contribution in [0.25, 0.3) is 0 Å². The van der Waals surface area contributed by atoms with Crippen molar-refractivity contribution in [3.63, 3.8) is 0 Å². The molecule has 8 nitrogen and oxygen atoms in total. The summed E-state index contributed by atoms with van der Waals surface area (Å²) in [6.07, 6.45) is -13.7. The zero-order valence-corrected chi connectivity index (χ0v) is 22.7. The molecule has 0 radical (unpaired) electrons. The molecule has 2 unspecified atom stereocenters. The highest BCUT2D eigenvalue weighted by atomic mass is 19.4. The number of likely N-dealkylation sites (tertiary alicyclic amines) is 3. The van der Waals surface area contributed by atoms with Crippen LogP contribution in [0.1, 0.15) is 43.2 Å². The number of nitrogens with zero attached hydrogens (tertiary/aromatic N) is 4. The molecule has 0 saturated carbocycles. The molecule has 1 N–H and O–H groups in total. The largest absolute Gasteiger partial charge is 0.480 e. The van der Waals surface area contributed by atoms with Gasteiger partial charge in [-0.15, -0.1) is 0 Å². The third-order valence-electron chi connectivity index (χ3n) is 9.03. The number of halogens is 6. The Morgan fingerprint density at radius 1 is 1.00 bits per heavy atom. The molecule has 4 saturated heterocycles. The second-order valence-electron chi connectivity index (χ2n) is 11.8. The Hall–Kier alpha value is -2.74. The number of aliphatic carboxylic acids is 1. The first-order valence-corrected chi connectivity index (χ1v) is 13.8. The number of carboxylic acid groups (broad SMARTS) is 1. The molecule has 4 heterocycles. The number of piperazine rings is 1. The second kappa shape index (κ2) is 10.8. The fraction of sp³-hybridized carbons (Fsp3) is 0.704. The van der Waals surface area contributed by atoms with Gasteiger partial charge in [0.05, 0.1) is 6.54 Å². The summed E-state index contributed by atoms with van der Waals surface area (Å²) in [4.78, 5) is 31.0. The Kier molecular flexibility index (Phi) is 7.86. The van der Waals surface area contributed by atoms with Gasteiger partial charge in [0.25, 0.3) is 6.10 Å². The van der Waals surface area contributed by atoms with Crippen LogP contribution in [-0.4, -0.2) is 107 Å². The van der Waals surface area contributed by atoms with E-state index in [0.29, 0.717) is 25.9 Å². The highest BCUT2D eigenvalue weighted by Crippen LogP contribution is 2.42. The lowest BCUT2D eigenvalue weighted by atomic mass is 9.85. The van der Waals surface area contributed by atoms with E-state index in [0.717, 1.165) is 54.1 Å². The van der Waals surface area contributed by atoms with Crippen molar-refractivity contribution in [3.8, 4) is 0 Å². The van der Waals surface area contributed by atoms with Crippen LogP contribution in [0.5, 0.6) is 0 Å². The molecular weight excluding hydrogens is 558 g/mol. The molecule has 41 heavy (non-hydrogen) atoms. The van der Waals surface area contributed by atoms with Crippen molar-refractivity contribution in [2.45, 2.75) is 81.7 Å². The summed E-state index contributed by atoms with van der Waals surface area (Å²) in [5.74, 6) is -0.823. The van der Waals surface area contributed by atoms with E-state index in [1.54, 1.807) is 0 Å². The van der Waals surface area contributed by atoms with Crippen molar-refractivity contribution in [1.29, 1.82) is 0 Å². The summed E-state index contributed by atoms with van der Waals surface area (Å²) in [5, 5.41) is 9.17. The van der Waals surface area contributed by atoms with Gasteiger partial charge in [-0.1, -0.05) is 6.07 Å². The zero-order chi connectivity index (χ0) is 29.7. The van der Waals surface area contributed by atoms with Crippen LogP contribution in [0, 0.1) is 6.92 Å². The van der Waals surface area contributed by atoms with Gasteiger partial charge in [0.1, 0.15) is 0 Å². The predicted molar refractivity (Wildman–Crippen MR) is 135 cm³/mol. The van der Waals surface area contributed by atoms with Crippen LogP contribution >= 0.6 is 0 Å². The van der Waals surface area contributed by atoms with Gasteiger partial charge in [-0.05, 0) is 68.8 Å². The molecule has 5 rings (SSSR count). The van der Waals surface area contributed by atoms with Crippen LogP contribution in [0.2, 0.25) is 0 Å². The number of aryl methyl sites for hydroxylation is 1. The Morgan fingerprint density at radius 3 is 2.27 bits per heavy atom. The Bertz CT molecular complexity index is 1140. The number of carboxylic acids is 1. The number of alkyl halides is 6. The van der Waals surface area contributed by atoms with Crippen molar-refractivity contribution < 1.29 is 45.8 Å². The maximum Gasteiger partial charge on any atom is 0.434 e. The Labute approximate surface area is 233 Å². The van der Waals surface area contributed by atoms with E-state index >= 15 is 0 Å². The summed E-state index contributed by atoms with van der Waals surface area (Å²) in [6.45, 7) is 5.02. The fourth-order valence-electron chi connectivity index (χ4n) is 7.16. The highest BCUT2D eigenvalue weighted by molar-refractivity contribution is 5.69. The number of hydrogen-bond acceptors (Lipinski definition) is 6. The standard InChI is InChI=1S/C27H34F6N4O4/c1-17-9-18(11-19(10-17)37-15-20-12-21(37)14-35(20)16-22(38)39)13-36-6-2-3-25(36)4-7-34(8-5-25)24(40)41-23(26(28,29)30)27(31,32)33/h9-11,20-21,23H,2-8,12-16H2,1H3,(H,38,39). The van der Waals surface area contributed by atoms with E-state index in [1.165, 1.54) is 0 Å². The Balaban J connectivity index is 1.21.